The van der Waals surface area contributed by atoms with Crippen LogP contribution in [0.5, 0.6) is 0 Å². The maximum Gasteiger partial charge on any atom is 0.330 e. The van der Waals surface area contributed by atoms with E-state index in [9.17, 15) is 14.7 Å². The summed E-state index contributed by atoms with van der Waals surface area (Å²) in [6, 6.07) is 0. The molecule has 23 heavy (non-hydrogen) atoms. The Morgan fingerprint density at radius 1 is 1.48 bits per heavy atom. The Kier molecular flexibility index (Phi) is 6.08. The molecule has 3 atom stereocenters. The Labute approximate surface area is 133 Å². The van der Waals surface area contributed by atoms with Gasteiger partial charge in [0.15, 0.2) is 0 Å². The third-order valence-corrected chi connectivity index (χ3v) is 3.79. The maximum absolute atomic E-state index is 12.0. The second-order valence-corrected chi connectivity index (χ2v) is 5.92. The SMILES string of the molecule is CN(C)CCNCc1cn(C2CC(O)C(CO)O2)c(=O)[nH]c1=O. The van der Waals surface area contributed by atoms with Gasteiger partial charge in [0.2, 0.25) is 0 Å². The molecular weight excluding hydrogens is 304 g/mol. The van der Waals surface area contributed by atoms with Crippen molar-refractivity contribution < 1.29 is 14.9 Å². The molecule has 1 fully saturated rings. The fraction of sp³-hybridized carbons (Fsp3) is 0.714. The molecule has 0 aromatic carbocycles. The molecule has 1 aliphatic heterocycles. The van der Waals surface area contributed by atoms with E-state index >= 15 is 0 Å². The Balaban J connectivity index is 2.10. The second kappa shape index (κ2) is 7.84. The third kappa shape index (κ3) is 4.49. The summed E-state index contributed by atoms with van der Waals surface area (Å²) >= 11 is 0. The van der Waals surface area contributed by atoms with Crippen LogP contribution in [0, 0.1) is 0 Å². The van der Waals surface area contributed by atoms with Gasteiger partial charge in [0.25, 0.3) is 5.56 Å². The minimum Gasteiger partial charge on any atom is -0.394 e. The fourth-order valence-corrected chi connectivity index (χ4v) is 2.44. The van der Waals surface area contributed by atoms with Gasteiger partial charge in [-0.25, -0.2) is 4.79 Å². The molecule has 1 aromatic heterocycles. The van der Waals surface area contributed by atoms with Gasteiger partial charge in [0, 0.05) is 37.8 Å². The van der Waals surface area contributed by atoms with Crippen LogP contribution in [0.4, 0.5) is 0 Å². The third-order valence-electron chi connectivity index (χ3n) is 3.79. The molecule has 4 N–H and O–H groups in total. The molecule has 9 heteroatoms. The lowest BCUT2D eigenvalue weighted by Crippen LogP contribution is -2.36. The van der Waals surface area contributed by atoms with Crippen LogP contribution in [-0.2, 0) is 11.3 Å². The number of hydrogen-bond donors (Lipinski definition) is 4. The van der Waals surface area contributed by atoms with Crippen LogP contribution in [0.1, 0.15) is 18.2 Å². The Bertz CT molecular complexity index is 626. The fourth-order valence-electron chi connectivity index (χ4n) is 2.44. The molecule has 0 spiro atoms. The number of hydrogen-bond acceptors (Lipinski definition) is 7. The Morgan fingerprint density at radius 2 is 2.22 bits per heavy atom. The zero-order valence-electron chi connectivity index (χ0n) is 13.4. The first-order chi connectivity index (χ1) is 10.9. The molecule has 1 saturated heterocycles. The van der Waals surface area contributed by atoms with Crippen molar-refractivity contribution in [3.05, 3.63) is 32.6 Å². The zero-order chi connectivity index (χ0) is 17.0. The number of aliphatic hydroxyl groups excluding tert-OH is 2. The van der Waals surface area contributed by atoms with E-state index in [0.29, 0.717) is 18.7 Å². The minimum atomic E-state index is -0.842. The van der Waals surface area contributed by atoms with Gasteiger partial charge in [0.1, 0.15) is 12.3 Å². The number of aromatic nitrogens is 2. The van der Waals surface area contributed by atoms with Crippen molar-refractivity contribution in [3.8, 4) is 0 Å². The number of nitrogens with one attached hydrogen (secondary N) is 2. The summed E-state index contributed by atoms with van der Waals surface area (Å²) in [5.41, 5.74) is -0.627. The Hall–Kier alpha value is -1.52. The predicted octanol–water partition coefficient (Wildman–Crippen LogP) is -2.17. The number of nitrogens with zero attached hydrogens (tertiary/aromatic N) is 2. The number of likely N-dealkylation sites (N-methyl/N-ethyl adjacent to an activating group) is 1. The zero-order valence-corrected chi connectivity index (χ0v) is 13.4. The van der Waals surface area contributed by atoms with Crippen LogP contribution in [0.3, 0.4) is 0 Å². The summed E-state index contributed by atoms with van der Waals surface area (Å²) in [7, 11) is 3.91. The summed E-state index contributed by atoms with van der Waals surface area (Å²) in [4.78, 5) is 28.1. The average molecular weight is 328 g/mol. The highest BCUT2D eigenvalue weighted by molar-refractivity contribution is 5.05. The molecule has 2 heterocycles. The summed E-state index contributed by atoms with van der Waals surface area (Å²) in [6.07, 6.45) is -0.635. The molecule has 3 unspecified atom stereocenters. The first kappa shape index (κ1) is 17.8. The molecule has 0 saturated carbocycles. The van der Waals surface area contributed by atoms with E-state index in [4.69, 9.17) is 9.84 Å². The molecule has 1 aromatic rings. The van der Waals surface area contributed by atoms with Crippen LogP contribution in [0.2, 0.25) is 0 Å². The highest BCUT2D eigenvalue weighted by Crippen LogP contribution is 2.27. The van der Waals surface area contributed by atoms with Gasteiger partial charge in [-0.2, -0.15) is 0 Å². The summed E-state index contributed by atoms with van der Waals surface area (Å²) in [6.45, 7) is 1.53. The molecule has 9 nitrogen and oxygen atoms in total. The summed E-state index contributed by atoms with van der Waals surface area (Å²) in [5, 5.41) is 22.0. The molecule has 1 aliphatic rings. The number of aromatic amines is 1. The second-order valence-electron chi connectivity index (χ2n) is 5.92. The van der Waals surface area contributed by atoms with Gasteiger partial charge in [-0.3, -0.25) is 14.3 Å². The Morgan fingerprint density at radius 3 is 2.83 bits per heavy atom. The van der Waals surface area contributed by atoms with Crippen molar-refractivity contribution in [3.63, 3.8) is 0 Å². The van der Waals surface area contributed by atoms with Crippen molar-refractivity contribution in [2.45, 2.75) is 31.4 Å². The number of rotatable bonds is 7. The highest BCUT2D eigenvalue weighted by Gasteiger charge is 2.35. The van der Waals surface area contributed by atoms with Gasteiger partial charge in [-0.05, 0) is 14.1 Å². The van der Waals surface area contributed by atoms with Crippen LogP contribution >= 0.6 is 0 Å². The summed E-state index contributed by atoms with van der Waals surface area (Å²) < 4.78 is 6.71. The van der Waals surface area contributed by atoms with Gasteiger partial charge < -0.3 is 25.2 Å². The standard InChI is InChI=1S/C14H24N4O5/c1-17(2)4-3-15-6-9-7-18(14(22)16-13(9)21)12-5-10(20)11(8-19)23-12/h7,10-12,15,19-20H,3-6,8H2,1-2H3,(H,16,21,22). The van der Waals surface area contributed by atoms with Gasteiger partial charge in [-0.15, -0.1) is 0 Å². The topological polar surface area (TPSA) is 120 Å². The quantitative estimate of drug-likeness (QED) is 0.420. The molecule has 2 rings (SSSR count). The monoisotopic (exact) mass is 328 g/mol. The molecule has 0 bridgehead atoms. The molecule has 0 amide bonds. The number of ether oxygens (including phenoxy) is 1. The van der Waals surface area contributed by atoms with E-state index in [2.05, 4.69) is 10.3 Å². The lowest BCUT2D eigenvalue weighted by Gasteiger charge is -2.15. The van der Waals surface area contributed by atoms with Gasteiger partial charge in [-0.1, -0.05) is 0 Å². The highest BCUT2D eigenvalue weighted by atomic mass is 16.5. The van der Waals surface area contributed by atoms with Crippen molar-refractivity contribution in [2.75, 3.05) is 33.8 Å². The van der Waals surface area contributed by atoms with E-state index < -0.39 is 29.7 Å². The normalized spacial score (nSPS) is 24.5. The first-order valence-electron chi connectivity index (χ1n) is 7.56. The maximum atomic E-state index is 12.0. The molecule has 0 aliphatic carbocycles. The molecule has 0 radical (unpaired) electrons. The van der Waals surface area contributed by atoms with Crippen molar-refractivity contribution in [1.82, 2.24) is 19.8 Å². The first-order valence-corrected chi connectivity index (χ1v) is 7.56. The smallest absolute Gasteiger partial charge is 0.330 e. The predicted molar refractivity (Wildman–Crippen MR) is 83.2 cm³/mol. The van der Waals surface area contributed by atoms with Crippen molar-refractivity contribution in [2.24, 2.45) is 0 Å². The van der Waals surface area contributed by atoms with E-state index in [-0.39, 0.29) is 13.0 Å². The molecule has 130 valence electrons. The van der Waals surface area contributed by atoms with E-state index in [1.165, 1.54) is 10.8 Å². The molecular formula is C14H24N4O5. The van der Waals surface area contributed by atoms with Crippen LogP contribution < -0.4 is 16.6 Å². The van der Waals surface area contributed by atoms with Crippen LogP contribution in [0.25, 0.3) is 0 Å². The number of aliphatic hydroxyl groups is 2. The van der Waals surface area contributed by atoms with Crippen molar-refractivity contribution in [1.29, 1.82) is 0 Å². The van der Waals surface area contributed by atoms with Gasteiger partial charge >= 0.3 is 5.69 Å². The van der Waals surface area contributed by atoms with E-state index in [1.54, 1.807) is 0 Å². The lowest BCUT2D eigenvalue weighted by atomic mass is 10.2. The van der Waals surface area contributed by atoms with Crippen LogP contribution in [0.15, 0.2) is 15.8 Å². The average Bonchev–Trinajstić information content (AvgIpc) is 2.86. The lowest BCUT2D eigenvalue weighted by molar-refractivity contribution is -0.0460. The van der Waals surface area contributed by atoms with Crippen molar-refractivity contribution >= 4 is 0 Å². The summed E-state index contributed by atoms with van der Waals surface area (Å²) in [5.74, 6) is 0. The van der Waals surface area contributed by atoms with E-state index in [1.807, 2.05) is 19.0 Å². The van der Waals surface area contributed by atoms with Crippen LogP contribution in [-0.4, -0.2) is 70.7 Å². The largest absolute Gasteiger partial charge is 0.394 e. The minimum absolute atomic E-state index is 0.185. The number of H-pyrrole nitrogens is 1. The van der Waals surface area contributed by atoms with E-state index in [0.717, 1.165) is 6.54 Å². The van der Waals surface area contributed by atoms with Gasteiger partial charge in [0.05, 0.1) is 12.7 Å².